The Labute approximate surface area is 129 Å². The maximum atomic E-state index is 11.7. The molecule has 7 heteroatoms. The SMILES string of the molecule is COc1ccc(C=NNC(=O)c2ccc(Br)o2)cc1OC. The normalized spacial score (nSPS) is 10.6. The minimum absolute atomic E-state index is 0.173. The van der Waals surface area contributed by atoms with Crippen molar-refractivity contribution in [1.29, 1.82) is 0 Å². The van der Waals surface area contributed by atoms with Gasteiger partial charge >= 0.3 is 5.91 Å². The lowest BCUT2D eigenvalue weighted by Gasteiger charge is -2.07. The molecule has 0 spiro atoms. The maximum Gasteiger partial charge on any atom is 0.307 e. The summed E-state index contributed by atoms with van der Waals surface area (Å²) in [5, 5.41) is 3.86. The van der Waals surface area contributed by atoms with Crippen LogP contribution in [0.2, 0.25) is 0 Å². The largest absolute Gasteiger partial charge is 0.493 e. The van der Waals surface area contributed by atoms with Gasteiger partial charge in [-0.1, -0.05) is 0 Å². The molecule has 0 radical (unpaired) electrons. The highest BCUT2D eigenvalue weighted by atomic mass is 79.9. The molecule has 1 aromatic carbocycles. The van der Waals surface area contributed by atoms with Crippen LogP contribution in [0.5, 0.6) is 11.5 Å². The van der Waals surface area contributed by atoms with Crippen LogP contribution in [-0.4, -0.2) is 26.3 Å². The molecule has 0 saturated heterocycles. The van der Waals surface area contributed by atoms with Crippen molar-refractivity contribution >= 4 is 28.1 Å². The number of methoxy groups -OCH3 is 2. The molecule has 0 saturated carbocycles. The second-order valence-electron chi connectivity index (χ2n) is 3.92. The number of nitrogens with one attached hydrogen (secondary N) is 1. The highest BCUT2D eigenvalue weighted by Crippen LogP contribution is 2.26. The van der Waals surface area contributed by atoms with Gasteiger partial charge in [0.2, 0.25) is 0 Å². The summed E-state index contributed by atoms with van der Waals surface area (Å²) in [5.74, 6) is 0.950. The number of carbonyl (C=O) groups is 1. The first-order valence-corrected chi connectivity index (χ1v) is 6.74. The molecule has 6 nitrogen and oxygen atoms in total. The number of nitrogens with zero attached hydrogens (tertiary/aromatic N) is 1. The topological polar surface area (TPSA) is 73.1 Å². The Morgan fingerprint density at radius 2 is 2.00 bits per heavy atom. The van der Waals surface area contributed by atoms with Gasteiger partial charge in [0.05, 0.1) is 20.4 Å². The Kier molecular flexibility index (Phi) is 4.99. The number of hydrazone groups is 1. The van der Waals surface area contributed by atoms with E-state index in [1.165, 1.54) is 6.21 Å². The fourth-order valence-corrected chi connectivity index (χ4v) is 1.90. The number of hydrogen-bond acceptors (Lipinski definition) is 5. The summed E-state index contributed by atoms with van der Waals surface area (Å²) in [7, 11) is 3.11. The van der Waals surface area contributed by atoms with E-state index in [9.17, 15) is 4.79 Å². The van der Waals surface area contributed by atoms with Gasteiger partial charge in [0.1, 0.15) is 0 Å². The quantitative estimate of drug-likeness (QED) is 0.663. The molecule has 0 unspecified atom stereocenters. The summed E-state index contributed by atoms with van der Waals surface area (Å²) >= 11 is 3.12. The van der Waals surface area contributed by atoms with Crippen molar-refractivity contribution in [2.75, 3.05) is 14.2 Å². The van der Waals surface area contributed by atoms with Crippen molar-refractivity contribution in [2.24, 2.45) is 5.10 Å². The fourth-order valence-electron chi connectivity index (χ4n) is 1.59. The lowest BCUT2D eigenvalue weighted by Crippen LogP contribution is -2.16. The minimum atomic E-state index is -0.433. The van der Waals surface area contributed by atoms with Crippen LogP contribution in [0, 0.1) is 0 Å². The molecule has 2 aromatic rings. The second kappa shape index (κ2) is 6.94. The molecular weight excluding hydrogens is 340 g/mol. The van der Waals surface area contributed by atoms with Crippen molar-refractivity contribution < 1.29 is 18.7 Å². The van der Waals surface area contributed by atoms with E-state index < -0.39 is 5.91 Å². The number of hydrogen-bond donors (Lipinski definition) is 1. The maximum absolute atomic E-state index is 11.7. The van der Waals surface area contributed by atoms with Gasteiger partial charge in [-0.05, 0) is 51.8 Å². The first-order chi connectivity index (χ1) is 10.1. The van der Waals surface area contributed by atoms with Crippen molar-refractivity contribution in [1.82, 2.24) is 5.43 Å². The minimum Gasteiger partial charge on any atom is -0.493 e. The predicted molar refractivity (Wildman–Crippen MR) is 81.0 cm³/mol. The molecule has 21 heavy (non-hydrogen) atoms. The van der Waals surface area contributed by atoms with E-state index in [1.807, 2.05) is 0 Å². The Morgan fingerprint density at radius 3 is 2.62 bits per heavy atom. The smallest absolute Gasteiger partial charge is 0.307 e. The Balaban J connectivity index is 2.03. The molecule has 0 fully saturated rings. The van der Waals surface area contributed by atoms with Gasteiger partial charge in [-0.2, -0.15) is 5.10 Å². The summed E-state index contributed by atoms with van der Waals surface area (Å²) in [6.45, 7) is 0. The van der Waals surface area contributed by atoms with E-state index in [2.05, 4.69) is 26.5 Å². The third-order valence-electron chi connectivity index (χ3n) is 2.58. The third-order valence-corrected chi connectivity index (χ3v) is 3.01. The summed E-state index contributed by atoms with van der Waals surface area (Å²) in [6.07, 6.45) is 1.50. The monoisotopic (exact) mass is 352 g/mol. The first-order valence-electron chi connectivity index (χ1n) is 5.95. The van der Waals surface area contributed by atoms with Gasteiger partial charge in [-0.25, -0.2) is 5.43 Å². The zero-order chi connectivity index (χ0) is 15.2. The lowest BCUT2D eigenvalue weighted by atomic mass is 10.2. The van der Waals surface area contributed by atoms with Crippen LogP contribution in [0.4, 0.5) is 0 Å². The second-order valence-corrected chi connectivity index (χ2v) is 4.70. The molecule has 0 aliphatic rings. The van der Waals surface area contributed by atoms with E-state index >= 15 is 0 Å². The molecule has 0 aliphatic heterocycles. The number of rotatable bonds is 5. The standard InChI is InChI=1S/C14H13BrN2O4/c1-19-10-4-3-9(7-12(10)20-2)8-16-17-14(18)11-5-6-13(15)21-11/h3-8H,1-2H3,(H,17,18). The number of ether oxygens (including phenoxy) is 2. The zero-order valence-corrected chi connectivity index (χ0v) is 13.0. The molecule has 2 rings (SSSR count). The summed E-state index contributed by atoms with van der Waals surface area (Å²) < 4.78 is 15.9. The number of benzene rings is 1. The van der Waals surface area contributed by atoms with Crippen molar-refractivity contribution in [3.05, 3.63) is 46.3 Å². The van der Waals surface area contributed by atoms with Crippen LogP contribution in [0.15, 0.2) is 44.5 Å². The molecule has 1 N–H and O–H groups in total. The third kappa shape index (κ3) is 3.85. The van der Waals surface area contributed by atoms with Gasteiger partial charge in [-0.3, -0.25) is 4.79 Å². The van der Waals surface area contributed by atoms with Gasteiger partial charge in [0, 0.05) is 0 Å². The lowest BCUT2D eigenvalue weighted by molar-refractivity contribution is 0.0926. The molecule has 0 bridgehead atoms. The number of furan rings is 1. The van der Waals surface area contributed by atoms with Crippen molar-refractivity contribution in [2.45, 2.75) is 0 Å². The molecule has 1 aromatic heterocycles. The van der Waals surface area contributed by atoms with Crippen LogP contribution in [0.3, 0.4) is 0 Å². The van der Waals surface area contributed by atoms with Crippen molar-refractivity contribution in [3.8, 4) is 11.5 Å². The average Bonchev–Trinajstić information content (AvgIpc) is 2.93. The molecule has 1 amide bonds. The van der Waals surface area contributed by atoms with Crippen LogP contribution >= 0.6 is 15.9 Å². The van der Waals surface area contributed by atoms with E-state index in [4.69, 9.17) is 13.9 Å². The predicted octanol–water partition coefficient (Wildman–Crippen LogP) is 2.82. The van der Waals surface area contributed by atoms with Gasteiger partial charge < -0.3 is 13.9 Å². The van der Waals surface area contributed by atoms with Crippen LogP contribution in [0.1, 0.15) is 16.1 Å². The molecule has 0 aliphatic carbocycles. The molecular formula is C14H13BrN2O4. The van der Waals surface area contributed by atoms with E-state index in [0.29, 0.717) is 16.2 Å². The van der Waals surface area contributed by atoms with E-state index in [1.54, 1.807) is 44.6 Å². The number of carbonyl (C=O) groups excluding carboxylic acids is 1. The van der Waals surface area contributed by atoms with Gasteiger partial charge in [0.25, 0.3) is 0 Å². The molecule has 110 valence electrons. The molecule has 1 heterocycles. The number of amides is 1. The van der Waals surface area contributed by atoms with Gasteiger partial charge in [0.15, 0.2) is 21.9 Å². The van der Waals surface area contributed by atoms with Crippen LogP contribution < -0.4 is 14.9 Å². The number of halogens is 1. The highest BCUT2D eigenvalue weighted by Gasteiger charge is 2.09. The van der Waals surface area contributed by atoms with Crippen molar-refractivity contribution in [3.63, 3.8) is 0 Å². The summed E-state index contributed by atoms with van der Waals surface area (Å²) in [6, 6.07) is 8.47. The van der Waals surface area contributed by atoms with Crippen LogP contribution in [0.25, 0.3) is 0 Å². The van der Waals surface area contributed by atoms with Gasteiger partial charge in [-0.15, -0.1) is 0 Å². The van der Waals surface area contributed by atoms with E-state index in [0.717, 1.165) is 5.56 Å². The average molecular weight is 353 g/mol. The molecule has 0 atom stereocenters. The summed E-state index contributed by atoms with van der Waals surface area (Å²) in [5.41, 5.74) is 3.13. The Hall–Kier alpha value is -2.28. The summed E-state index contributed by atoms with van der Waals surface area (Å²) in [4.78, 5) is 11.7. The fraction of sp³-hybridized carbons (Fsp3) is 0.143. The van der Waals surface area contributed by atoms with E-state index in [-0.39, 0.29) is 5.76 Å². The zero-order valence-electron chi connectivity index (χ0n) is 11.4. The highest BCUT2D eigenvalue weighted by molar-refractivity contribution is 9.10. The Bertz CT molecular complexity index is 667. The first kappa shape index (κ1) is 15.1. The Morgan fingerprint density at radius 1 is 1.24 bits per heavy atom. The van der Waals surface area contributed by atoms with Crippen LogP contribution in [-0.2, 0) is 0 Å².